The van der Waals surface area contributed by atoms with Crippen molar-refractivity contribution in [2.24, 2.45) is 5.84 Å². The van der Waals surface area contributed by atoms with Crippen LogP contribution >= 0.6 is 0 Å². The van der Waals surface area contributed by atoms with E-state index in [1.807, 2.05) is 26.8 Å². The molecule has 0 bridgehead atoms. The summed E-state index contributed by atoms with van der Waals surface area (Å²) in [7, 11) is 0. The first-order valence-electron chi connectivity index (χ1n) is 6.45. The molecule has 20 heavy (non-hydrogen) atoms. The molecule has 0 unspecified atom stereocenters. The lowest BCUT2D eigenvalue weighted by Gasteiger charge is -2.14. The fourth-order valence-corrected chi connectivity index (χ4v) is 1.70. The predicted molar refractivity (Wildman–Crippen MR) is 78.0 cm³/mol. The van der Waals surface area contributed by atoms with Crippen molar-refractivity contribution in [1.29, 1.82) is 0 Å². The summed E-state index contributed by atoms with van der Waals surface area (Å²) in [6, 6.07) is 1.86. The standard InChI is InChI=1S/C13H19N7/c1-8(2)11-18-12(9(3)13(19-11)20-14)16-6-10-4-5-15-7-17-10/h4-5,7-8H,6,14H2,1-3H3,(H2,16,18,19,20). The van der Waals surface area contributed by atoms with E-state index in [0.717, 1.165) is 22.9 Å². The van der Waals surface area contributed by atoms with Gasteiger partial charge in [0.05, 0.1) is 12.2 Å². The van der Waals surface area contributed by atoms with Gasteiger partial charge in [0.25, 0.3) is 0 Å². The number of aromatic nitrogens is 4. The largest absolute Gasteiger partial charge is 0.364 e. The molecule has 2 heterocycles. The van der Waals surface area contributed by atoms with Gasteiger partial charge in [0.1, 0.15) is 23.8 Å². The number of nitrogens with one attached hydrogen (secondary N) is 2. The summed E-state index contributed by atoms with van der Waals surface area (Å²) in [4.78, 5) is 17.0. The van der Waals surface area contributed by atoms with Crippen molar-refractivity contribution >= 4 is 11.6 Å². The second kappa shape index (κ2) is 6.25. The van der Waals surface area contributed by atoms with Gasteiger partial charge in [-0.25, -0.2) is 25.8 Å². The van der Waals surface area contributed by atoms with E-state index in [-0.39, 0.29) is 5.92 Å². The van der Waals surface area contributed by atoms with Gasteiger partial charge in [-0.3, -0.25) is 0 Å². The molecule has 0 amide bonds. The first kappa shape index (κ1) is 14.1. The zero-order valence-electron chi connectivity index (χ0n) is 11.9. The van der Waals surface area contributed by atoms with Crippen molar-refractivity contribution in [2.45, 2.75) is 33.2 Å². The number of hydrogen-bond acceptors (Lipinski definition) is 7. The van der Waals surface area contributed by atoms with E-state index >= 15 is 0 Å². The Morgan fingerprint density at radius 3 is 2.60 bits per heavy atom. The topological polar surface area (TPSA) is 102 Å². The van der Waals surface area contributed by atoms with Crippen LogP contribution in [0.2, 0.25) is 0 Å². The molecule has 0 saturated carbocycles. The molecular weight excluding hydrogens is 254 g/mol. The van der Waals surface area contributed by atoms with Gasteiger partial charge in [-0.05, 0) is 13.0 Å². The van der Waals surface area contributed by atoms with Crippen LogP contribution in [0, 0.1) is 6.92 Å². The maximum Gasteiger partial charge on any atom is 0.148 e. The van der Waals surface area contributed by atoms with E-state index in [4.69, 9.17) is 5.84 Å². The Labute approximate surface area is 118 Å². The third-order valence-electron chi connectivity index (χ3n) is 2.90. The van der Waals surface area contributed by atoms with Crippen LogP contribution in [0.4, 0.5) is 11.6 Å². The van der Waals surface area contributed by atoms with Crippen LogP contribution in [0.15, 0.2) is 18.6 Å². The lowest BCUT2D eigenvalue weighted by molar-refractivity contribution is 0.772. The van der Waals surface area contributed by atoms with E-state index < -0.39 is 0 Å². The Morgan fingerprint density at radius 2 is 2.00 bits per heavy atom. The highest BCUT2D eigenvalue weighted by Gasteiger charge is 2.12. The number of nitrogen functional groups attached to an aromatic ring is 1. The molecule has 4 N–H and O–H groups in total. The molecule has 0 radical (unpaired) electrons. The maximum absolute atomic E-state index is 5.51. The van der Waals surface area contributed by atoms with Crippen LogP contribution in [0.1, 0.15) is 36.8 Å². The van der Waals surface area contributed by atoms with Crippen molar-refractivity contribution in [3.8, 4) is 0 Å². The molecule has 2 aromatic rings. The van der Waals surface area contributed by atoms with Crippen LogP contribution in [0.25, 0.3) is 0 Å². The second-order valence-corrected chi connectivity index (χ2v) is 4.76. The fourth-order valence-electron chi connectivity index (χ4n) is 1.70. The molecule has 0 aliphatic rings. The summed E-state index contributed by atoms with van der Waals surface area (Å²) in [5, 5.41) is 3.26. The summed E-state index contributed by atoms with van der Waals surface area (Å²) >= 11 is 0. The van der Waals surface area contributed by atoms with Crippen LogP contribution < -0.4 is 16.6 Å². The molecule has 0 saturated heterocycles. The third-order valence-corrected chi connectivity index (χ3v) is 2.90. The first-order chi connectivity index (χ1) is 9.61. The summed E-state index contributed by atoms with van der Waals surface area (Å²) < 4.78 is 0. The smallest absolute Gasteiger partial charge is 0.148 e. The van der Waals surface area contributed by atoms with Crippen molar-refractivity contribution in [3.63, 3.8) is 0 Å². The average molecular weight is 273 g/mol. The fraction of sp³-hybridized carbons (Fsp3) is 0.385. The monoisotopic (exact) mass is 273 g/mol. The molecular formula is C13H19N7. The van der Waals surface area contributed by atoms with Crippen molar-refractivity contribution < 1.29 is 0 Å². The molecule has 106 valence electrons. The maximum atomic E-state index is 5.51. The molecule has 0 aliphatic heterocycles. The average Bonchev–Trinajstić information content (AvgIpc) is 2.47. The molecule has 0 atom stereocenters. The highest BCUT2D eigenvalue weighted by Crippen LogP contribution is 2.22. The van der Waals surface area contributed by atoms with E-state index in [0.29, 0.717) is 12.4 Å². The third kappa shape index (κ3) is 3.18. The lowest BCUT2D eigenvalue weighted by Crippen LogP contribution is -2.15. The number of nitrogens with zero attached hydrogens (tertiary/aromatic N) is 4. The SMILES string of the molecule is Cc1c(NN)nc(C(C)C)nc1NCc1ccncn1. The zero-order valence-corrected chi connectivity index (χ0v) is 11.9. The lowest BCUT2D eigenvalue weighted by atomic mass is 10.2. The second-order valence-electron chi connectivity index (χ2n) is 4.76. The molecule has 7 nitrogen and oxygen atoms in total. The summed E-state index contributed by atoms with van der Waals surface area (Å²) in [5.74, 6) is 7.87. The number of hydrazine groups is 1. The Kier molecular flexibility index (Phi) is 4.41. The zero-order chi connectivity index (χ0) is 14.5. The van der Waals surface area contributed by atoms with E-state index in [2.05, 4.69) is 30.7 Å². The summed E-state index contributed by atoms with van der Waals surface area (Å²) in [6.07, 6.45) is 3.24. The Bertz CT molecular complexity index is 568. The molecule has 2 rings (SSSR count). The minimum absolute atomic E-state index is 0.224. The van der Waals surface area contributed by atoms with E-state index in [9.17, 15) is 0 Å². The number of nitrogens with two attached hydrogens (primary N) is 1. The minimum Gasteiger partial charge on any atom is -0.364 e. The van der Waals surface area contributed by atoms with Gasteiger partial charge in [-0.15, -0.1) is 0 Å². The van der Waals surface area contributed by atoms with E-state index in [1.165, 1.54) is 6.33 Å². The highest BCUT2D eigenvalue weighted by molar-refractivity contribution is 5.56. The Morgan fingerprint density at radius 1 is 1.25 bits per heavy atom. The summed E-state index contributed by atoms with van der Waals surface area (Å²) in [6.45, 7) is 6.57. The summed E-state index contributed by atoms with van der Waals surface area (Å²) in [5.41, 5.74) is 4.39. The minimum atomic E-state index is 0.224. The van der Waals surface area contributed by atoms with Crippen molar-refractivity contribution in [2.75, 3.05) is 10.7 Å². The Balaban J connectivity index is 2.24. The van der Waals surface area contributed by atoms with Crippen LogP contribution in [0.3, 0.4) is 0 Å². The van der Waals surface area contributed by atoms with Gasteiger partial charge >= 0.3 is 0 Å². The van der Waals surface area contributed by atoms with E-state index in [1.54, 1.807) is 6.20 Å². The molecule has 0 spiro atoms. The van der Waals surface area contributed by atoms with Gasteiger partial charge < -0.3 is 10.7 Å². The predicted octanol–water partition coefficient (Wildman–Crippen LogP) is 1.60. The molecule has 0 aliphatic carbocycles. The van der Waals surface area contributed by atoms with Crippen LogP contribution in [-0.4, -0.2) is 19.9 Å². The number of hydrogen-bond donors (Lipinski definition) is 3. The van der Waals surface area contributed by atoms with Gasteiger partial charge in [-0.1, -0.05) is 13.8 Å². The number of anilines is 2. The van der Waals surface area contributed by atoms with Crippen molar-refractivity contribution in [3.05, 3.63) is 35.7 Å². The normalized spacial score (nSPS) is 10.7. The van der Waals surface area contributed by atoms with Crippen molar-refractivity contribution in [1.82, 2.24) is 19.9 Å². The molecule has 0 fully saturated rings. The highest BCUT2D eigenvalue weighted by atomic mass is 15.3. The Hall–Kier alpha value is -2.28. The van der Waals surface area contributed by atoms with Crippen LogP contribution in [0.5, 0.6) is 0 Å². The van der Waals surface area contributed by atoms with Gasteiger partial charge in [0.2, 0.25) is 0 Å². The molecule has 0 aromatic carbocycles. The first-order valence-corrected chi connectivity index (χ1v) is 6.45. The van der Waals surface area contributed by atoms with Gasteiger partial charge in [0.15, 0.2) is 0 Å². The van der Waals surface area contributed by atoms with Crippen LogP contribution in [-0.2, 0) is 6.54 Å². The van der Waals surface area contributed by atoms with Gasteiger partial charge in [0, 0.05) is 17.7 Å². The van der Waals surface area contributed by atoms with Gasteiger partial charge in [-0.2, -0.15) is 0 Å². The molecule has 2 aromatic heterocycles. The molecule has 7 heteroatoms. The number of rotatable bonds is 5. The quantitative estimate of drug-likeness (QED) is 0.561.